The first kappa shape index (κ1) is 19.4. The van der Waals surface area contributed by atoms with E-state index < -0.39 is 17.6 Å². The highest BCUT2D eigenvalue weighted by atomic mass is 32.2. The lowest BCUT2D eigenvalue weighted by molar-refractivity contribution is 0.111. The van der Waals surface area contributed by atoms with Gasteiger partial charge in [-0.25, -0.2) is 41.9 Å². The summed E-state index contributed by atoms with van der Waals surface area (Å²) in [4.78, 5) is 15.0. The van der Waals surface area contributed by atoms with Crippen molar-refractivity contribution in [2.24, 2.45) is 10.6 Å². The molecule has 5 heterocycles. The standard InChI is InChI=1S/C18H20F2N8OS/c19-17(20)12-2-3-15-22-7-14(28(15)25-12)13-6-16(24-11-23-13)26-8-18(9-26)4-1-5-27(10-18)30(21)29/h2-3,6-7,11,17H,1,4-5,8-10,21H2. The van der Waals surface area contributed by atoms with Gasteiger partial charge in [-0.2, -0.15) is 5.10 Å². The molecule has 158 valence electrons. The second-order valence-corrected chi connectivity index (χ2v) is 8.90. The fourth-order valence-corrected chi connectivity index (χ4v) is 5.05. The van der Waals surface area contributed by atoms with E-state index in [1.807, 2.05) is 10.4 Å². The smallest absolute Gasteiger partial charge is 0.282 e. The quantitative estimate of drug-likeness (QED) is 0.668. The summed E-state index contributed by atoms with van der Waals surface area (Å²) in [5, 5.41) is 9.56. The summed E-state index contributed by atoms with van der Waals surface area (Å²) < 4.78 is 40.9. The number of imidazole rings is 1. The van der Waals surface area contributed by atoms with Gasteiger partial charge in [0.2, 0.25) is 0 Å². The van der Waals surface area contributed by atoms with Crippen LogP contribution in [0.4, 0.5) is 14.6 Å². The van der Waals surface area contributed by atoms with E-state index >= 15 is 0 Å². The predicted molar refractivity (Wildman–Crippen MR) is 107 cm³/mol. The lowest BCUT2D eigenvalue weighted by Gasteiger charge is -2.54. The average Bonchev–Trinajstić information content (AvgIpc) is 3.15. The molecule has 2 N–H and O–H groups in total. The highest BCUT2D eigenvalue weighted by molar-refractivity contribution is 7.80. The van der Waals surface area contributed by atoms with Gasteiger partial charge in [0.05, 0.1) is 11.9 Å². The Labute approximate surface area is 173 Å². The number of aromatic nitrogens is 5. The first-order valence-electron chi connectivity index (χ1n) is 9.56. The second kappa shape index (κ2) is 7.29. The minimum Gasteiger partial charge on any atom is -0.355 e. The fraction of sp³-hybridized carbons (Fsp3) is 0.444. The molecule has 9 nitrogen and oxygen atoms in total. The molecule has 0 radical (unpaired) electrons. The Bertz CT molecular complexity index is 1120. The molecule has 30 heavy (non-hydrogen) atoms. The second-order valence-electron chi connectivity index (χ2n) is 7.83. The van der Waals surface area contributed by atoms with E-state index in [1.54, 1.807) is 6.20 Å². The lowest BCUT2D eigenvalue weighted by atomic mass is 9.74. The van der Waals surface area contributed by atoms with Gasteiger partial charge in [0, 0.05) is 37.7 Å². The van der Waals surface area contributed by atoms with E-state index in [4.69, 9.17) is 5.14 Å². The van der Waals surface area contributed by atoms with Crippen LogP contribution in [0.1, 0.15) is 25.0 Å². The number of anilines is 1. The van der Waals surface area contributed by atoms with Crippen LogP contribution in [0.5, 0.6) is 0 Å². The maximum Gasteiger partial charge on any atom is 0.282 e. The molecule has 2 aliphatic heterocycles. The van der Waals surface area contributed by atoms with Crippen LogP contribution >= 0.6 is 0 Å². The van der Waals surface area contributed by atoms with Gasteiger partial charge in [0.1, 0.15) is 23.5 Å². The van der Waals surface area contributed by atoms with Crippen LogP contribution in [-0.2, 0) is 11.2 Å². The molecule has 0 aromatic carbocycles. The third-order valence-electron chi connectivity index (χ3n) is 5.78. The zero-order chi connectivity index (χ0) is 20.9. The zero-order valence-electron chi connectivity index (χ0n) is 16.0. The molecule has 1 atom stereocenters. The van der Waals surface area contributed by atoms with Crippen molar-refractivity contribution in [3.05, 3.63) is 36.4 Å². The number of nitrogens with zero attached hydrogens (tertiary/aromatic N) is 7. The van der Waals surface area contributed by atoms with E-state index in [9.17, 15) is 13.0 Å². The zero-order valence-corrected chi connectivity index (χ0v) is 16.8. The Kier molecular flexibility index (Phi) is 4.71. The molecule has 1 spiro atoms. The molecule has 2 saturated heterocycles. The molecule has 12 heteroatoms. The van der Waals surface area contributed by atoms with Gasteiger partial charge in [-0.1, -0.05) is 0 Å². The van der Waals surface area contributed by atoms with E-state index in [2.05, 4.69) is 25.0 Å². The van der Waals surface area contributed by atoms with E-state index in [1.165, 1.54) is 23.0 Å². The number of hydrogen-bond donors (Lipinski definition) is 1. The summed E-state index contributed by atoms with van der Waals surface area (Å²) in [6.07, 6.45) is 2.38. The summed E-state index contributed by atoms with van der Waals surface area (Å²) >= 11 is -1.45. The highest BCUT2D eigenvalue weighted by Gasteiger charge is 2.47. The normalized spacial score (nSPS) is 20.1. The van der Waals surface area contributed by atoms with Crippen molar-refractivity contribution in [3.8, 4) is 11.4 Å². The summed E-state index contributed by atoms with van der Waals surface area (Å²) in [5.74, 6) is 0.747. The van der Waals surface area contributed by atoms with E-state index in [0.717, 1.165) is 38.3 Å². The minimum absolute atomic E-state index is 0.0649. The molecule has 3 aromatic rings. The maximum atomic E-state index is 13.1. The first-order valence-corrected chi connectivity index (χ1v) is 10.7. The number of piperidine rings is 1. The van der Waals surface area contributed by atoms with Crippen molar-refractivity contribution in [2.45, 2.75) is 19.3 Å². The number of hydrogen-bond acceptors (Lipinski definition) is 6. The van der Waals surface area contributed by atoms with Gasteiger partial charge >= 0.3 is 0 Å². The van der Waals surface area contributed by atoms with Crippen molar-refractivity contribution in [2.75, 3.05) is 31.1 Å². The van der Waals surface area contributed by atoms with E-state index in [0.29, 0.717) is 23.6 Å². The predicted octanol–water partition coefficient (Wildman–Crippen LogP) is 1.56. The summed E-state index contributed by atoms with van der Waals surface area (Å²) in [7, 11) is 0. The van der Waals surface area contributed by atoms with Crippen molar-refractivity contribution in [1.82, 2.24) is 28.9 Å². The summed E-state index contributed by atoms with van der Waals surface area (Å²) in [6.45, 7) is 3.04. The van der Waals surface area contributed by atoms with Crippen LogP contribution in [0, 0.1) is 5.41 Å². The molecule has 0 bridgehead atoms. The van der Waals surface area contributed by atoms with Gasteiger partial charge in [-0.05, 0) is 25.0 Å². The molecule has 0 saturated carbocycles. The summed E-state index contributed by atoms with van der Waals surface area (Å²) in [5.41, 5.74) is 1.29. The van der Waals surface area contributed by atoms with Crippen LogP contribution < -0.4 is 10.0 Å². The Morgan fingerprint density at radius 2 is 2.00 bits per heavy atom. The number of alkyl halides is 2. The first-order chi connectivity index (χ1) is 14.4. The van der Waals surface area contributed by atoms with Crippen molar-refractivity contribution in [1.29, 1.82) is 0 Å². The monoisotopic (exact) mass is 434 g/mol. The average molecular weight is 434 g/mol. The third kappa shape index (κ3) is 3.34. The van der Waals surface area contributed by atoms with Crippen LogP contribution in [0.2, 0.25) is 0 Å². The number of halogens is 2. The fourth-order valence-electron chi connectivity index (χ4n) is 4.34. The Morgan fingerprint density at radius 1 is 1.17 bits per heavy atom. The van der Waals surface area contributed by atoms with Crippen LogP contribution in [0.15, 0.2) is 30.7 Å². The summed E-state index contributed by atoms with van der Waals surface area (Å²) in [6, 6.07) is 4.59. The molecular formula is C18H20F2N8OS. The number of fused-ring (bicyclic) bond motifs is 1. The lowest BCUT2D eigenvalue weighted by Crippen LogP contribution is -2.63. The Balaban J connectivity index is 1.39. The highest BCUT2D eigenvalue weighted by Crippen LogP contribution is 2.41. The largest absolute Gasteiger partial charge is 0.355 e. The van der Waals surface area contributed by atoms with Crippen LogP contribution in [0.3, 0.4) is 0 Å². The van der Waals surface area contributed by atoms with Gasteiger partial charge in [-0.3, -0.25) is 0 Å². The van der Waals surface area contributed by atoms with Gasteiger partial charge in [0.15, 0.2) is 16.8 Å². The van der Waals surface area contributed by atoms with Crippen LogP contribution in [-0.4, -0.2) is 59.3 Å². The molecule has 1 unspecified atom stereocenters. The SMILES string of the molecule is NS(=O)N1CCCC2(CN(c3cc(-c4cnc5ccc(C(F)F)nn45)ncn3)C2)C1. The molecule has 5 rings (SSSR count). The molecule has 0 amide bonds. The number of rotatable bonds is 4. The van der Waals surface area contributed by atoms with Gasteiger partial charge in [0.25, 0.3) is 6.43 Å². The van der Waals surface area contributed by atoms with Gasteiger partial charge in [-0.15, -0.1) is 0 Å². The van der Waals surface area contributed by atoms with Crippen molar-refractivity contribution in [3.63, 3.8) is 0 Å². The van der Waals surface area contributed by atoms with Crippen molar-refractivity contribution >= 4 is 22.6 Å². The molecule has 3 aromatic heterocycles. The Hall–Kier alpha value is -2.57. The van der Waals surface area contributed by atoms with Crippen molar-refractivity contribution < 1.29 is 13.0 Å². The Morgan fingerprint density at radius 3 is 2.77 bits per heavy atom. The molecule has 0 aliphatic carbocycles. The third-order valence-corrected chi connectivity index (χ3v) is 6.60. The topological polar surface area (TPSA) is 106 Å². The molecular weight excluding hydrogens is 414 g/mol. The molecule has 2 aliphatic rings. The van der Waals surface area contributed by atoms with Crippen LogP contribution in [0.25, 0.3) is 17.0 Å². The van der Waals surface area contributed by atoms with E-state index in [-0.39, 0.29) is 11.1 Å². The minimum atomic E-state index is -2.67. The number of nitrogens with two attached hydrogens (primary N) is 1. The molecule has 2 fully saturated rings. The van der Waals surface area contributed by atoms with Gasteiger partial charge < -0.3 is 4.90 Å². The maximum absolute atomic E-state index is 13.1.